The van der Waals surface area contributed by atoms with E-state index in [-0.39, 0.29) is 24.2 Å². The number of halogens is 2. The van der Waals surface area contributed by atoms with E-state index in [0.29, 0.717) is 0 Å². The number of rotatable bonds is 11. The normalized spacial score (nSPS) is 13.3. The third-order valence-corrected chi connectivity index (χ3v) is 7.92. The fourth-order valence-corrected chi connectivity index (χ4v) is 4.48. The number of anilines is 1. The van der Waals surface area contributed by atoms with Crippen molar-refractivity contribution in [3.63, 3.8) is 0 Å². The van der Waals surface area contributed by atoms with Gasteiger partial charge in [-0.2, -0.15) is 12.7 Å². The highest BCUT2D eigenvalue weighted by atomic mass is 79.9. The van der Waals surface area contributed by atoms with Crippen LogP contribution in [0.5, 0.6) is 0 Å². The lowest BCUT2D eigenvalue weighted by Gasteiger charge is -2.33. The van der Waals surface area contributed by atoms with E-state index in [1.54, 1.807) is 6.92 Å². The number of benzene rings is 2. The molecule has 0 saturated carbocycles. The van der Waals surface area contributed by atoms with Crippen molar-refractivity contribution in [1.29, 1.82) is 0 Å². The van der Waals surface area contributed by atoms with Crippen molar-refractivity contribution in [3.05, 3.63) is 64.4 Å². The minimum atomic E-state index is -4.09. The zero-order chi connectivity index (χ0) is 26.3. The molecule has 0 radical (unpaired) electrons. The van der Waals surface area contributed by atoms with Gasteiger partial charge in [0.2, 0.25) is 11.8 Å². The topological polar surface area (TPSA) is 90.0 Å². The average molecular weight is 572 g/mol. The number of carbonyl (C=O) groups is 2. The van der Waals surface area contributed by atoms with Gasteiger partial charge in [0, 0.05) is 31.2 Å². The summed E-state index contributed by atoms with van der Waals surface area (Å²) in [4.78, 5) is 27.8. The first-order valence-corrected chi connectivity index (χ1v) is 13.4. The lowest BCUT2D eigenvalue weighted by Crippen LogP contribution is -2.53. The largest absolute Gasteiger partial charge is 0.352 e. The maximum absolute atomic E-state index is 13.6. The van der Waals surface area contributed by atoms with Crippen LogP contribution < -0.4 is 9.62 Å². The van der Waals surface area contributed by atoms with E-state index in [4.69, 9.17) is 0 Å². The molecule has 11 heteroatoms. The van der Waals surface area contributed by atoms with Gasteiger partial charge in [0.05, 0.1) is 5.69 Å². The Labute approximate surface area is 215 Å². The summed E-state index contributed by atoms with van der Waals surface area (Å²) in [5, 5.41) is 2.88. The van der Waals surface area contributed by atoms with Crippen LogP contribution in [-0.2, 0) is 26.3 Å². The lowest BCUT2D eigenvalue weighted by atomic mass is 10.1. The van der Waals surface area contributed by atoms with Crippen molar-refractivity contribution >= 4 is 43.6 Å². The van der Waals surface area contributed by atoms with Crippen molar-refractivity contribution in [3.8, 4) is 0 Å². The van der Waals surface area contributed by atoms with Crippen molar-refractivity contribution in [2.75, 3.05) is 24.9 Å². The molecular formula is C24H32BrFN4O4S. The number of hydrogen-bond donors (Lipinski definition) is 1. The molecule has 35 heavy (non-hydrogen) atoms. The van der Waals surface area contributed by atoms with Gasteiger partial charge in [0.1, 0.15) is 18.4 Å². The maximum Gasteiger partial charge on any atom is 0.304 e. The van der Waals surface area contributed by atoms with Gasteiger partial charge in [-0.3, -0.25) is 9.59 Å². The van der Waals surface area contributed by atoms with Crippen LogP contribution in [-0.4, -0.2) is 62.2 Å². The van der Waals surface area contributed by atoms with Crippen molar-refractivity contribution in [1.82, 2.24) is 14.5 Å². The third kappa shape index (κ3) is 7.74. The number of nitrogens with one attached hydrogen (secondary N) is 1. The molecule has 0 aliphatic heterocycles. The molecule has 2 rings (SSSR count). The van der Waals surface area contributed by atoms with Crippen LogP contribution in [0, 0.1) is 5.82 Å². The van der Waals surface area contributed by atoms with E-state index in [2.05, 4.69) is 21.2 Å². The molecule has 2 aromatic rings. The zero-order valence-electron chi connectivity index (χ0n) is 20.5. The van der Waals surface area contributed by atoms with E-state index in [9.17, 15) is 22.4 Å². The van der Waals surface area contributed by atoms with Crippen LogP contribution in [0.4, 0.5) is 10.1 Å². The third-order valence-electron chi connectivity index (χ3n) is 5.57. The van der Waals surface area contributed by atoms with Crippen LogP contribution in [0.1, 0.15) is 32.8 Å². The monoisotopic (exact) mass is 570 g/mol. The summed E-state index contributed by atoms with van der Waals surface area (Å²) in [6.07, 6.45) is 0.721. The number of hydrogen-bond acceptors (Lipinski definition) is 4. The first-order chi connectivity index (χ1) is 16.4. The quantitative estimate of drug-likeness (QED) is 0.447. The second kappa shape index (κ2) is 12.5. The Kier molecular flexibility index (Phi) is 10.2. The average Bonchev–Trinajstić information content (AvgIpc) is 2.81. The van der Waals surface area contributed by atoms with Crippen LogP contribution in [0.2, 0.25) is 0 Å². The number of carbonyl (C=O) groups excluding carboxylic acids is 2. The van der Waals surface area contributed by atoms with Crippen molar-refractivity contribution in [2.45, 2.75) is 45.8 Å². The van der Waals surface area contributed by atoms with Crippen molar-refractivity contribution in [2.24, 2.45) is 0 Å². The SMILES string of the molecule is CC[C@H](C)NC(=O)[C@@H](C)N(Cc1ccc(Br)cc1)C(=O)CN(c1ccc(F)cc1)S(=O)(=O)N(C)C. The predicted molar refractivity (Wildman–Crippen MR) is 138 cm³/mol. The molecule has 8 nitrogen and oxygen atoms in total. The van der Waals surface area contributed by atoms with E-state index in [1.807, 2.05) is 38.1 Å². The minimum absolute atomic E-state index is 0.0839. The second-order valence-corrected chi connectivity index (χ2v) is 11.4. The Morgan fingerprint density at radius 1 is 1.03 bits per heavy atom. The molecule has 0 spiro atoms. The summed E-state index contributed by atoms with van der Waals surface area (Å²) in [5.41, 5.74) is 0.905. The lowest BCUT2D eigenvalue weighted by molar-refractivity contribution is -0.139. The first-order valence-electron chi connectivity index (χ1n) is 11.2. The highest BCUT2D eigenvalue weighted by Crippen LogP contribution is 2.21. The maximum atomic E-state index is 13.6. The molecule has 2 atom stereocenters. The van der Waals surface area contributed by atoms with Gasteiger partial charge >= 0.3 is 10.2 Å². The van der Waals surface area contributed by atoms with E-state index >= 15 is 0 Å². The summed E-state index contributed by atoms with van der Waals surface area (Å²) in [6.45, 7) is 4.94. The molecule has 192 valence electrons. The van der Waals surface area contributed by atoms with Gasteiger partial charge in [0.25, 0.3) is 0 Å². The van der Waals surface area contributed by atoms with Gasteiger partial charge in [-0.15, -0.1) is 0 Å². The molecule has 0 fully saturated rings. The molecule has 0 aliphatic carbocycles. The first kappa shape index (κ1) is 28.7. The summed E-state index contributed by atoms with van der Waals surface area (Å²) in [7, 11) is -1.40. The molecule has 1 N–H and O–H groups in total. The molecule has 2 amide bonds. The molecule has 0 heterocycles. The van der Waals surface area contributed by atoms with Gasteiger partial charge in [-0.05, 0) is 62.2 Å². The van der Waals surface area contributed by atoms with E-state index in [1.165, 1.54) is 31.1 Å². The van der Waals surface area contributed by atoms with Gasteiger partial charge in [0.15, 0.2) is 0 Å². The standard InChI is InChI=1S/C24H32BrFN4O4S/c1-6-17(2)27-24(32)18(3)29(15-19-7-9-20(25)10-8-19)23(31)16-30(35(33,34)28(4)5)22-13-11-21(26)12-14-22/h7-14,17-18H,6,15-16H2,1-5H3,(H,27,32)/t17-,18+/m0/s1. The smallest absolute Gasteiger partial charge is 0.304 e. The highest BCUT2D eigenvalue weighted by Gasteiger charge is 2.32. The molecular weight excluding hydrogens is 539 g/mol. The Hall–Kier alpha value is -2.50. The molecule has 0 unspecified atom stereocenters. The second-order valence-electron chi connectivity index (χ2n) is 8.42. The molecule has 0 bridgehead atoms. The minimum Gasteiger partial charge on any atom is -0.352 e. The van der Waals surface area contributed by atoms with Crippen LogP contribution >= 0.6 is 15.9 Å². The van der Waals surface area contributed by atoms with Crippen LogP contribution in [0.3, 0.4) is 0 Å². The highest BCUT2D eigenvalue weighted by molar-refractivity contribution is 9.10. The van der Waals surface area contributed by atoms with Crippen molar-refractivity contribution < 1.29 is 22.4 Å². The summed E-state index contributed by atoms with van der Waals surface area (Å²) >= 11 is 3.38. The van der Waals surface area contributed by atoms with Crippen LogP contribution in [0.25, 0.3) is 0 Å². The van der Waals surface area contributed by atoms with E-state index in [0.717, 1.165) is 37.2 Å². The molecule has 0 aromatic heterocycles. The summed E-state index contributed by atoms with van der Waals surface area (Å²) in [6, 6.07) is 11.2. The zero-order valence-corrected chi connectivity index (χ0v) is 22.9. The summed E-state index contributed by atoms with van der Waals surface area (Å²) in [5.74, 6) is -1.45. The van der Waals surface area contributed by atoms with Gasteiger partial charge in [-0.25, -0.2) is 8.70 Å². The summed E-state index contributed by atoms with van der Waals surface area (Å²) < 4.78 is 42.4. The fraction of sp³-hybridized carbons (Fsp3) is 0.417. The Morgan fingerprint density at radius 3 is 2.11 bits per heavy atom. The Balaban J connectivity index is 2.43. The molecule has 2 aromatic carbocycles. The Bertz CT molecular complexity index is 1110. The van der Waals surface area contributed by atoms with Crippen LogP contribution in [0.15, 0.2) is 53.0 Å². The molecule has 0 saturated heterocycles. The number of nitrogens with zero attached hydrogens (tertiary/aromatic N) is 3. The fourth-order valence-electron chi connectivity index (χ4n) is 3.16. The number of amides is 2. The van der Waals surface area contributed by atoms with Gasteiger partial charge < -0.3 is 10.2 Å². The van der Waals surface area contributed by atoms with Gasteiger partial charge in [-0.1, -0.05) is 35.0 Å². The predicted octanol–water partition coefficient (Wildman–Crippen LogP) is 3.53. The Morgan fingerprint density at radius 2 is 1.60 bits per heavy atom. The van der Waals surface area contributed by atoms with E-state index < -0.39 is 34.5 Å². The molecule has 0 aliphatic rings.